The molecule has 2 rings (SSSR count). The summed E-state index contributed by atoms with van der Waals surface area (Å²) >= 11 is 0. The van der Waals surface area contributed by atoms with E-state index in [0.29, 0.717) is 18.8 Å². The molecule has 18 heavy (non-hydrogen) atoms. The number of nitrogens with one attached hydrogen (secondary N) is 1. The van der Waals surface area contributed by atoms with Crippen LogP contribution in [0.3, 0.4) is 0 Å². The predicted octanol–water partition coefficient (Wildman–Crippen LogP) is 0.412. The predicted molar refractivity (Wildman–Crippen MR) is 66.1 cm³/mol. The maximum Gasteiger partial charge on any atom is 0.261 e. The highest BCUT2D eigenvalue weighted by atomic mass is 16.5. The highest BCUT2D eigenvalue weighted by Gasteiger charge is 2.29. The summed E-state index contributed by atoms with van der Waals surface area (Å²) in [6.45, 7) is 2.71. The van der Waals surface area contributed by atoms with E-state index in [1.807, 2.05) is 18.2 Å². The molecule has 0 aromatic heterocycles. The van der Waals surface area contributed by atoms with Gasteiger partial charge < -0.3 is 15.0 Å². The molecule has 1 unspecified atom stereocenters. The lowest BCUT2D eigenvalue weighted by molar-refractivity contribution is -0.143. The number of para-hydroxylation sites is 1. The van der Waals surface area contributed by atoms with Crippen LogP contribution in [-0.2, 0) is 9.59 Å². The Bertz CT molecular complexity index is 433. The molecule has 1 N–H and O–H groups in total. The Hall–Kier alpha value is -2.04. The van der Waals surface area contributed by atoms with Gasteiger partial charge in [0.05, 0.1) is 0 Å². The molecule has 1 aromatic carbocycles. The number of piperazine rings is 1. The fraction of sp³-hybridized carbons (Fsp3) is 0.385. The van der Waals surface area contributed by atoms with Crippen molar-refractivity contribution in [3.05, 3.63) is 30.3 Å². The third-order valence-electron chi connectivity index (χ3n) is 2.92. The zero-order valence-corrected chi connectivity index (χ0v) is 10.3. The molecular formula is C13H16N2O3. The molecule has 1 aromatic rings. The van der Waals surface area contributed by atoms with E-state index in [1.54, 1.807) is 24.0 Å². The number of hydrogen-bond donors (Lipinski definition) is 1. The first-order chi connectivity index (χ1) is 8.68. The quantitative estimate of drug-likeness (QED) is 0.843. The van der Waals surface area contributed by atoms with Crippen LogP contribution in [0.2, 0.25) is 0 Å². The Kier molecular flexibility index (Phi) is 3.82. The maximum absolute atomic E-state index is 11.9. The van der Waals surface area contributed by atoms with E-state index >= 15 is 0 Å². The molecule has 96 valence electrons. The van der Waals surface area contributed by atoms with Crippen LogP contribution in [0.1, 0.15) is 6.92 Å². The van der Waals surface area contributed by atoms with Gasteiger partial charge >= 0.3 is 0 Å². The van der Waals surface area contributed by atoms with Crippen molar-refractivity contribution < 1.29 is 14.3 Å². The summed E-state index contributed by atoms with van der Waals surface area (Å²) in [5.41, 5.74) is 0. The zero-order chi connectivity index (χ0) is 13.0. The van der Waals surface area contributed by atoms with Crippen LogP contribution in [0.15, 0.2) is 30.3 Å². The monoisotopic (exact) mass is 248 g/mol. The molecule has 0 aliphatic carbocycles. The second-order valence-electron chi connectivity index (χ2n) is 4.16. The third-order valence-corrected chi connectivity index (χ3v) is 2.92. The third kappa shape index (κ3) is 2.80. The largest absolute Gasteiger partial charge is 0.484 e. The minimum atomic E-state index is -0.425. The van der Waals surface area contributed by atoms with Gasteiger partial charge in [0.2, 0.25) is 5.91 Å². The summed E-state index contributed by atoms with van der Waals surface area (Å²) in [6, 6.07) is 8.73. The highest BCUT2D eigenvalue weighted by molar-refractivity contribution is 5.88. The Morgan fingerprint density at radius 2 is 2.17 bits per heavy atom. The summed E-state index contributed by atoms with van der Waals surface area (Å²) in [7, 11) is 0. The van der Waals surface area contributed by atoms with Gasteiger partial charge in [-0.2, -0.15) is 0 Å². The first kappa shape index (κ1) is 12.4. The van der Waals surface area contributed by atoms with E-state index in [4.69, 9.17) is 4.74 Å². The highest BCUT2D eigenvalue weighted by Crippen LogP contribution is 2.10. The topological polar surface area (TPSA) is 58.6 Å². The van der Waals surface area contributed by atoms with E-state index in [-0.39, 0.29) is 18.4 Å². The lowest BCUT2D eigenvalue weighted by Crippen LogP contribution is -2.56. The van der Waals surface area contributed by atoms with E-state index in [2.05, 4.69) is 5.32 Å². The standard InChI is InChI=1S/C13H16N2O3/c1-10-13(17)14-7-8-15(10)12(16)9-18-11-5-3-2-4-6-11/h2-6,10H,7-9H2,1H3,(H,14,17). The molecule has 2 amide bonds. The van der Waals surface area contributed by atoms with Gasteiger partial charge in [-0.05, 0) is 19.1 Å². The number of ether oxygens (including phenoxy) is 1. The second-order valence-corrected chi connectivity index (χ2v) is 4.16. The van der Waals surface area contributed by atoms with Crippen molar-refractivity contribution in [1.29, 1.82) is 0 Å². The first-order valence-corrected chi connectivity index (χ1v) is 5.93. The van der Waals surface area contributed by atoms with Crippen LogP contribution < -0.4 is 10.1 Å². The molecule has 5 heteroatoms. The molecule has 1 aliphatic heterocycles. The smallest absolute Gasteiger partial charge is 0.261 e. The SMILES string of the molecule is CC1C(=O)NCCN1C(=O)COc1ccccc1. The van der Waals surface area contributed by atoms with Crippen LogP contribution in [0.4, 0.5) is 0 Å². The van der Waals surface area contributed by atoms with E-state index in [9.17, 15) is 9.59 Å². The van der Waals surface area contributed by atoms with Crippen molar-refractivity contribution in [1.82, 2.24) is 10.2 Å². The van der Waals surface area contributed by atoms with Gasteiger partial charge in [-0.25, -0.2) is 0 Å². The minimum absolute atomic E-state index is 0.0400. The summed E-state index contributed by atoms with van der Waals surface area (Å²) in [5, 5.41) is 2.72. The fourth-order valence-electron chi connectivity index (χ4n) is 1.87. The average Bonchev–Trinajstić information content (AvgIpc) is 2.40. The molecule has 0 radical (unpaired) electrons. The van der Waals surface area contributed by atoms with Crippen molar-refractivity contribution in [2.24, 2.45) is 0 Å². The van der Waals surface area contributed by atoms with Crippen molar-refractivity contribution in [3.8, 4) is 5.75 Å². The lowest BCUT2D eigenvalue weighted by Gasteiger charge is -2.32. The summed E-state index contributed by atoms with van der Waals surface area (Å²) in [5.74, 6) is 0.371. The van der Waals surface area contributed by atoms with Crippen molar-refractivity contribution in [2.45, 2.75) is 13.0 Å². The molecule has 0 saturated carbocycles. The van der Waals surface area contributed by atoms with Gasteiger partial charge in [0, 0.05) is 13.1 Å². The van der Waals surface area contributed by atoms with Gasteiger partial charge in [0.1, 0.15) is 11.8 Å². The molecule has 1 atom stereocenters. The molecule has 5 nitrogen and oxygen atoms in total. The van der Waals surface area contributed by atoms with Crippen LogP contribution in [0.25, 0.3) is 0 Å². The Morgan fingerprint density at radius 1 is 1.44 bits per heavy atom. The number of amides is 2. The number of rotatable bonds is 3. The molecule has 0 bridgehead atoms. The van der Waals surface area contributed by atoms with Gasteiger partial charge in [-0.1, -0.05) is 18.2 Å². The number of carbonyl (C=O) groups excluding carboxylic acids is 2. The maximum atomic E-state index is 11.9. The van der Waals surface area contributed by atoms with E-state index < -0.39 is 6.04 Å². The number of benzene rings is 1. The van der Waals surface area contributed by atoms with Gasteiger partial charge in [-0.15, -0.1) is 0 Å². The van der Waals surface area contributed by atoms with E-state index in [0.717, 1.165) is 0 Å². The van der Waals surface area contributed by atoms with Crippen molar-refractivity contribution in [2.75, 3.05) is 19.7 Å². The first-order valence-electron chi connectivity index (χ1n) is 5.93. The Morgan fingerprint density at radius 3 is 2.89 bits per heavy atom. The second kappa shape index (κ2) is 5.53. The Balaban J connectivity index is 1.90. The molecule has 0 spiro atoms. The van der Waals surface area contributed by atoms with Crippen LogP contribution in [-0.4, -0.2) is 42.5 Å². The average molecular weight is 248 g/mol. The van der Waals surface area contributed by atoms with Crippen LogP contribution in [0.5, 0.6) is 5.75 Å². The van der Waals surface area contributed by atoms with Gasteiger partial charge in [0.15, 0.2) is 6.61 Å². The van der Waals surface area contributed by atoms with E-state index in [1.165, 1.54) is 0 Å². The lowest BCUT2D eigenvalue weighted by atomic mass is 10.2. The van der Waals surface area contributed by atoms with Crippen molar-refractivity contribution in [3.63, 3.8) is 0 Å². The number of carbonyl (C=O) groups is 2. The summed E-state index contributed by atoms with van der Waals surface area (Å²) in [4.78, 5) is 24.9. The fourth-order valence-corrected chi connectivity index (χ4v) is 1.87. The van der Waals surface area contributed by atoms with Crippen LogP contribution in [0, 0.1) is 0 Å². The zero-order valence-electron chi connectivity index (χ0n) is 10.3. The molecule has 1 heterocycles. The molecule has 1 aliphatic rings. The van der Waals surface area contributed by atoms with Crippen LogP contribution >= 0.6 is 0 Å². The molecular weight excluding hydrogens is 232 g/mol. The molecule has 1 fully saturated rings. The number of hydrogen-bond acceptors (Lipinski definition) is 3. The van der Waals surface area contributed by atoms with Crippen molar-refractivity contribution >= 4 is 11.8 Å². The minimum Gasteiger partial charge on any atom is -0.484 e. The summed E-state index contributed by atoms with van der Waals surface area (Å²) < 4.78 is 5.38. The molecule has 1 saturated heterocycles. The summed E-state index contributed by atoms with van der Waals surface area (Å²) in [6.07, 6.45) is 0. The Labute approximate surface area is 106 Å². The van der Waals surface area contributed by atoms with Gasteiger partial charge in [-0.3, -0.25) is 9.59 Å². The van der Waals surface area contributed by atoms with Gasteiger partial charge in [0.25, 0.3) is 5.91 Å². The normalized spacial score (nSPS) is 19.3. The number of nitrogens with zero attached hydrogens (tertiary/aromatic N) is 1.